The van der Waals surface area contributed by atoms with Gasteiger partial charge in [0.15, 0.2) is 23.0 Å². The second kappa shape index (κ2) is 15.4. The van der Waals surface area contributed by atoms with E-state index in [0.717, 1.165) is 37.7 Å². The fraction of sp³-hybridized carbons (Fsp3) is 0.515. The number of piperidine rings is 1. The first-order valence-corrected chi connectivity index (χ1v) is 14.7. The fourth-order valence-corrected chi connectivity index (χ4v) is 5.89. The van der Waals surface area contributed by atoms with Gasteiger partial charge in [0.25, 0.3) is 0 Å². The van der Waals surface area contributed by atoms with Crippen LogP contribution in [-0.2, 0) is 14.3 Å². The third-order valence-electron chi connectivity index (χ3n) is 8.04. The molecule has 0 bridgehead atoms. The molecule has 2 aliphatic rings. The van der Waals surface area contributed by atoms with Gasteiger partial charge >= 0.3 is 5.97 Å². The number of nitrogens with zero attached hydrogens (tertiary/aromatic N) is 1. The largest absolute Gasteiger partial charge is 0.493 e. The van der Waals surface area contributed by atoms with Crippen LogP contribution in [0, 0.1) is 5.92 Å². The summed E-state index contributed by atoms with van der Waals surface area (Å²) in [6, 6.07) is 8.24. The number of carbonyl (C=O) groups excluding carboxylic acids is 2. The molecular formula is C33H43NO9. The number of likely N-dealkylation sites (tertiary alicyclic amines) is 1. The number of rotatable bonds is 13. The van der Waals surface area contributed by atoms with Gasteiger partial charge in [0, 0.05) is 12.6 Å². The highest BCUT2D eigenvalue weighted by Crippen LogP contribution is 2.44. The summed E-state index contributed by atoms with van der Waals surface area (Å²) in [7, 11) is 7.79. The normalized spacial score (nSPS) is 18.8. The van der Waals surface area contributed by atoms with Gasteiger partial charge in [-0.25, -0.2) is 4.79 Å². The van der Waals surface area contributed by atoms with E-state index in [0.29, 0.717) is 47.5 Å². The average molecular weight is 598 g/mol. The number of amides is 1. The van der Waals surface area contributed by atoms with Crippen molar-refractivity contribution in [1.29, 1.82) is 0 Å². The quantitative estimate of drug-likeness (QED) is 0.176. The Labute approximate surface area is 253 Å². The van der Waals surface area contributed by atoms with Crippen molar-refractivity contribution < 1.29 is 42.7 Å². The Morgan fingerprint density at radius 2 is 1.53 bits per heavy atom. The molecule has 0 unspecified atom stereocenters. The fourth-order valence-electron chi connectivity index (χ4n) is 5.89. The average Bonchev–Trinajstić information content (AvgIpc) is 3.06. The van der Waals surface area contributed by atoms with Gasteiger partial charge in [-0.2, -0.15) is 0 Å². The van der Waals surface area contributed by atoms with Gasteiger partial charge in [-0.05, 0) is 74.3 Å². The SMILES string of the molecule is COc1ccc(OCCOC(=O)[C@@H]2CCCCN2C(=O)[C@H](c2cc(OC)c(OC)c(OC)c2)[C@H]2C=CCCC2)cc1OC. The zero-order chi connectivity index (χ0) is 30.8. The zero-order valence-corrected chi connectivity index (χ0v) is 25.8. The lowest BCUT2D eigenvalue weighted by molar-refractivity contribution is -0.158. The van der Waals surface area contributed by atoms with Crippen molar-refractivity contribution >= 4 is 11.9 Å². The van der Waals surface area contributed by atoms with Crippen molar-refractivity contribution in [2.45, 2.75) is 50.5 Å². The second-order valence-corrected chi connectivity index (χ2v) is 10.5. The summed E-state index contributed by atoms with van der Waals surface area (Å²) >= 11 is 0. The van der Waals surface area contributed by atoms with Crippen LogP contribution in [0.3, 0.4) is 0 Å². The molecule has 2 aromatic rings. The van der Waals surface area contributed by atoms with Gasteiger partial charge < -0.3 is 38.1 Å². The molecule has 10 heteroatoms. The third-order valence-corrected chi connectivity index (χ3v) is 8.04. The van der Waals surface area contributed by atoms with Crippen LogP contribution in [0.25, 0.3) is 0 Å². The maximum absolute atomic E-state index is 14.4. The Kier molecular flexibility index (Phi) is 11.4. The number of hydrogen-bond acceptors (Lipinski definition) is 9. The molecule has 1 amide bonds. The molecule has 234 valence electrons. The van der Waals surface area contributed by atoms with Gasteiger partial charge in [0.2, 0.25) is 11.7 Å². The van der Waals surface area contributed by atoms with E-state index >= 15 is 0 Å². The van der Waals surface area contributed by atoms with E-state index in [4.69, 9.17) is 33.2 Å². The Morgan fingerprint density at radius 3 is 2.16 bits per heavy atom. The van der Waals surface area contributed by atoms with Crippen molar-refractivity contribution in [2.75, 3.05) is 55.3 Å². The molecule has 1 aliphatic carbocycles. The number of methoxy groups -OCH3 is 5. The van der Waals surface area contributed by atoms with Crippen LogP contribution in [0.1, 0.15) is 50.0 Å². The van der Waals surface area contributed by atoms with Crippen molar-refractivity contribution in [2.24, 2.45) is 5.92 Å². The standard InChI is InChI=1S/C33H43NO9/c1-37-26-15-14-24(21-27(26)38-2)42-17-18-43-33(36)25-13-9-10-16-34(25)32(35)30(22-11-7-6-8-12-22)23-19-28(39-3)31(41-5)29(20-23)40-4/h7,11,14-15,19-22,25,30H,6,8-10,12-13,16-18H2,1-5H3/t22-,25-,30-/m0/s1. The molecule has 0 aromatic heterocycles. The van der Waals surface area contributed by atoms with Crippen molar-refractivity contribution in [3.8, 4) is 34.5 Å². The minimum atomic E-state index is -0.667. The van der Waals surface area contributed by atoms with Crippen LogP contribution in [0.5, 0.6) is 34.5 Å². The first kappa shape index (κ1) is 31.8. The van der Waals surface area contributed by atoms with Crippen LogP contribution < -0.4 is 28.4 Å². The summed E-state index contributed by atoms with van der Waals surface area (Å²) in [5.41, 5.74) is 0.761. The van der Waals surface area contributed by atoms with E-state index in [1.54, 1.807) is 58.6 Å². The molecule has 1 saturated heterocycles. The Morgan fingerprint density at radius 1 is 0.814 bits per heavy atom. The topological polar surface area (TPSA) is 102 Å². The van der Waals surface area contributed by atoms with Crippen LogP contribution in [0.15, 0.2) is 42.5 Å². The molecular weight excluding hydrogens is 554 g/mol. The van der Waals surface area contributed by atoms with Crippen LogP contribution >= 0.6 is 0 Å². The van der Waals surface area contributed by atoms with E-state index in [1.165, 1.54) is 0 Å². The van der Waals surface area contributed by atoms with Crippen molar-refractivity contribution in [1.82, 2.24) is 4.90 Å². The number of hydrogen-bond donors (Lipinski definition) is 0. The summed E-state index contributed by atoms with van der Waals surface area (Å²) in [6.07, 6.45) is 9.29. The Bertz CT molecular complexity index is 1250. The van der Waals surface area contributed by atoms with Gasteiger partial charge in [-0.1, -0.05) is 12.2 Å². The van der Waals surface area contributed by atoms with Gasteiger partial charge in [0.1, 0.15) is 25.0 Å². The van der Waals surface area contributed by atoms with E-state index < -0.39 is 17.9 Å². The van der Waals surface area contributed by atoms with Crippen molar-refractivity contribution in [3.05, 3.63) is 48.0 Å². The van der Waals surface area contributed by atoms with Crippen LogP contribution in [-0.4, -0.2) is 78.1 Å². The molecule has 0 radical (unpaired) electrons. The van der Waals surface area contributed by atoms with E-state index in [-0.39, 0.29) is 25.0 Å². The number of ether oxygens (including phenoxy) is 7. The van der Waals surface area contributed by atoms with Crippen LogP contribution in [0.2, 0.25) is 0 Å². The van der Waals surface area contributed by atoms with E-state index in [9.17, 15) is 9.59 Å². The zero-order valence-electron chi connectivity index (χ0n) is 25.8. The molecule has 0 N–H and O–H groups in total. The highest BCUT2D eigenvalue weighted by Gasteiger charge is 2.40. The third kappa shape index (κ3) is 7.47. The predicted octanol–water partition coefficient (Wildman–Crippen LogP) is 5.17. The van der Waals surface area contributed by atoms with Gasteiger partial charge in [-0.3, -0.25) is 4.79 Å². The second-order valence-electron chi connectivity index (χ2n) is 10.5. The summed E-state index contributed by atoms with van der Waals surface area (Å²) in [5.74, 6) is 2.06. The lowest BCUT2D eigenvalue weighted by Crippen LogP contribution is -2.51. The number of carbonyl (C=O) groups is 2. The van der Waals surface area contributed by atoms with Gasteiger partial charge in [0.05, 0.1) is 41.5 Å². The van der Waals surface area contributed by atoms with E-state index in [2.05, 4.69) is 12.2 Å². The van der Waals surface area contributed by atoms with Crippen LogP contribution in [0.4, 0.5) is 0 Å². The number of allylic oxidation sites excluding steroid dienone is 2. The molecule has 43 heavy (non-hydrogen) atoms. The summed E-state index contributed by atoms with van der Waals surface area (Å²) < 4.78 is 38.7. The molecule has 10 nitrogen and oxygen atoms in total. The molecule has 3 atom stereocenters. The molecule has 0 spiro atoms. The number of benzene rings is 2. The lowest BCUT2D eigenvalue weighted by Gasteiger charge is -2.38. The smallest absolute Gasteiger partial charge is 0.328 e. The molecule has 4 rings (SSSR count). The Hall–Kier alpha value is -4.08. The maximum Gasteiger partial charge on any atom is 0.328 e. The molecule has 0 saturated carbocycles. The summed E-state index contributed by atoms with van der Waals surface area (Å²) in [5, 5.41) is 0. The molecule has 1 fully saturated rings. The predicted molar refractivity (Wildman–Crippen MR) is 161 cm³/mol. The monoisotopic (exact) mass is 597 g/mol. The minimum absolute atomic E-state index is 0.0301. The molecule has 1 heterocycles. The Balaban J connectivity index is 1.50. The summed E-state index contributed by atoms with van der Waals surface area (Å²) in [6.45, 7) is 0.689. The molecule has 1 aliphatic heterocycles. The first-order valence-electron chi connectivity index (χ1n) is 14.7. The minimum Gasteiger partial charge on any atom is -0.493 e. The highest BCUT2D eigenvalue weighted by atomic mass is 16.6. The highest BCUT2D eigenvalue weighted by molar-refractivity contribution is 5.89. The first-order chi connectivity index (χ1) is 20.9. The maximum atomic E-state index is 14.4. The summed E-state index contributed by atoms with van der Waals surface area (Å²) in [4.78, 5) is 29.5. The van der Waals surface area contributed by atoms with E-state index in [1.807, 2.05) is 12.1 Å². The molecule has 2 aromatic carbocycles. The number of esters is 1. The van der Waals surface area contributed by atoms with Gasteiger partial charge in [-0.15, -0.1) is 0 Å². The van der Waals surface area contributed by atoms with Crippen molar-refractivity contribution in [3.63, 3.8) is 0 Å². The lowest BCUT2D eigenvalue weighted by atomic mass is 9.78.